The lowest BCUT2D eigenvalue weighted by molar-refractivity contribution is -0.384. The summed E-state index contributed by atoms with van der Waals surface area (Å²) in [6, 6.07) is 22.7. The molecule has 0 saturated carbocycles. The molecule has 1 amide bonds. The van der Waals surface area contributed by atoms with Gasteiger partial charge in [0.05, 0.1) is 16.9 Å². The minimum Gasteiger partial charge on any atom is -0.272 e. The van der Waals surface area contributed by atoms with Crippen LogP contribution in [0.2, 0.25) is 5.02 Å². The zero-order chi connectivity index (χ0) is 23.9. The van der Waals surface area contributed by atoms with Gasteiger partial charge in [-0.25, -0.2) is 5.43 Å². The second kappa shape index (κ2) is 10.7. The maximum Gasteiger partial charge on any atom is 0.269 e. The smallest absolute Gasteiger partial charge is 0.269 e. The number of amides is 1. The number of hydrogen-bond donors (Lipinski definition) is 1. The minimum atomic E-state index is -0.480. The van der Waals surface area contributed by atoms with E-state index in [1.165, 1.54) is 30.1 Å². The normalized spacial score (nSPS) is 11.0. The first kappa shape index (κ1) is 23.1. The highest BCUT2D eigenvalue weighted by Gasteiger charge is 2.17. The van der Waals surface area contributed by atoms with Crippen molar-refractivity contribution in [1.29, 1.82) is 0 Å². The molecule has 0 bridgehead atoms. The van der Waals surface area contributed by atoms with Gasteiger partial charge in [-0.05, 0) is 42.0 Å². The third-order valence-electron chi connectivity index (χ3n) is 4.59. The molecule has 0 fully saturated rings. The van der Waals surface area contributed by atoms with Crippen LogP contribution in [0.4, 0.5) is 5.69 Å². The second-order valence-electron chi connectivity index (χ2n) is 6.91. The van der Waals surface area contributed by atoms with Crippen molar-refractivity contribution in [3.05, 3.63) is 99.6 Å². The van der Waals surface area contributed by atoms with E-state index in [-0.39, 0.29) is 17.3 Å². The summed E-state index contributed by atoms with van der Waals surface area (Å²) in [6.07, 6.45) is 1.41. The van der Waals surface area contributed by atoms with E-state index in [1.807, 2.05) is 47.0 Å². The largest absolute Gasteiger partial charge is 0.272 e. The predicted octanol–water partition coefficient (Wildman–Crippen LogP) is 4.74. The molecule has 34 heavy (non-hydrogen) atoms. The molecule has 0 aliphatic carbocycles. The van der Waals surface area contributed by atoms with Crippen LogP contribution in [0.3, 0.4) is 0 Å². The van der Waals surface area contributed by atoms with Crippen molar-refractivity contribution in [3.63, 3.8) is 0 Å². The number of aromatic nitrogens is 3. The van der Waals surface area contributed by atoms with Crippen molar-refractivity contribution in [1.82, 2.24) is 20.2 Å². The summed E-state index contributed by atoms with van der Waals surface area (Å²) in [5, 5.41) is 24.4. The number of nitrogens with zero attached hydrogens (tertiary/aromatic N) is 5. The van der Waals surface area contributed by atoms with Gasteiger partial charge in [0.25, 0.3) is 11.6 Å². The monoisotopic (exact) mass is 492 g/mol. The van der Waals surface area contributed by atoms with E-state index < -0.39 is 4.92 Å². The summed E-state index contributed by atoms with van der Waals surface area (Å²) in [7, 11) is 0. The molecule has 0 aliphatic heterocycles. The highest BCUT2D eigenvalue weighted by atomic mass is 35.5. The van der Waals surface area contributed by atoms with E-state index >= 15 is 0 Å². The van der Waals surface area contributed by atoms with Crippen LogP contribution in [0.1, 0.15) is 5.56 Å². The van der Waals surface area contributed by atoms with Gasteiger partial charge < -0.3 is 0 Å². The number of nitro benzene ring substituents is 1. The Balaban J connectivity index is 1.46. The number of nitro groups is 1. The Morgan fingerprint density at radius 3 is 2.44 bits per heavy atom. The van der Waals surface area contributed by atoms with Crippen LogP contribution in [0.15, 0.2) is 89.1 Å². The predicted molar refractivity (Wildman–Crippen MR) is 131 cm³/mol. The lowest BCUT2D eigenvalue weighted by Crippen LogP contribution is -2.20. The van der Waals surface area contributed by atoms with E-state index in [9.17, 15) is 14.9 Å². The van der Waals surface area contributed by atoms with Gasteiger partial charge in [0.1, 0.15) is 0 Å². The van der Waals surface area contributed by atoms with Crippen molar-refractivity contribution < 1.29 is 9.72 Å². The Morgan fingerprint density at radius 2 is 1.76 bits per heavy atom. The number of halogens is 1. The summed E-state index contributed by atoms with van der Waals surface area (Å²) >= 11 is 7.26. The molecule has 9 nitrogen and oxygen atoms in total. The zero-order valence-corrected chi connectivity index (χ0v) is 19.1. The van der Waals surface area contributed by atoms with Crippen LogP contribution in [-0.4, -0.2) is 37.6 Å². The number of rotatable bonds is 8. The number of non-ortho nitro benzene ring substituents is 1. The number of thioether (sulfide) groups is 1. The Kier molecular flexibility index (Phi) is 7.31. The maximum atomic E-state index is 12.3. The fourth-order valence-corrected chi connectivity index (χ4v) is 3.85. The van der Waals surface area contributed by atoms with Crippen LogP contribution in [-0.2, 0) is 4.79 Å². The lowest BCUT2D eigenvalue weighted by Gasteiger charge is -2.10. The van der Waals surface area contributed by atoms with E-state index in [0.29, 0.717) is 21.6 Å². The summed E-state index contributed by atoms with van der Waals surface area (Å²) in [4.78, 5) is 22.5. The van der Waals surface area contributed by atoms with Gasteiger partial charge in [0.2, 0.25) is 0 Å². The molecule has 1 N–H and O–H groups in total. The van der Waals surface area contributed by atoms with Crippen molar-refractivity contribution >= 4 is 41.2 Å². The molecule has 0 saturated heterocycles. The molecule has 3 aromatic carbocycles. The third kappa shape index (κ3) is 5.66. The average Bonchev–Trinajstić information content (AvgIpc) is 3.28. The lowest BCUT2D eigenvalue weighted by atomic mass is 10.2. The van der Waals surface area contributed by atoms with E-state index in [0.717, 1.165) is 11.3 Å². The van der Waals surface area contributed by atoms with Crippen LogP contribution in [0, 0.1) is 10.1 Å². The average molecular weight is 493 g/mol. The molecule has 0 unspecified atom stereocenters. The van der Waals surface area contributed by atoms with Crippen LogP contribution >= 0.6 is 23.4 Å². The van der Waals surface area contributed by atoms with E-state index in [2.05, 4.69) is 20.7 Å². The number of carbonyl (C=O) groups excluding carboxylic acids is 1. The molecule has 1 aromatic heterocycles. The third-order valence-corrected chi connectivity index (χ3v) is 5.77. The highest BCUT2D eigenvalue weighted by Crippen LogP contribution is 2.28. The quantitative estimate of drug-likeness (QED) is 0.164. The van der Waals surface area contributed by atoms with Gasteiger partial charge in [-0.1, -0.05) is 53.7 Å². The summed E-state index contributed by atoms with van der Waals surface area (Å²) in [5.41, 5.74) is 4.74. The molecular weight excluding hydrogens is 476 g/mol. The topological polar surface area (TPSA) is 115 Å². The molecule has 0 radical (unpaired) electrons. The number of hydrogen-bond acceptors (Lipinski definition) is 7. The number of hydrazone groups is 1. The Morgan fingerprint density at radius 1 is 1.06 bits per heavy atom. The molecule has 0 spiro atoms. The second-order valence-corrected chi connectivity index (χ2v) is 8.29. The van der Waals surface area contributed by atoms with Crippen LogP contribution in [0.5, 0.6) is 0 Å². The Hall–Kier alpha value is -4.02. The number of carbonyl (C=O) groups is 1. The molecule has 0 aliphatic rings. The standard InChI is InChI=1S/C23H17ClN6O3S/c24-18-8-12-19(13-9-18)29-22(17-4-2-1-3-5-17)27-28-23(29)34-15-21(31)26-25-14-16-6-10-20(11-7-16)30(32)33/h1-14H,15H2,(H,26,31). The number of nitrogens with one attached hydrogen (secondary N) is 1. The van der Waals surface area contributed by atoms with Crippen molar-refractivity contribution in [2.75, 3.05) is 5.75 Å². The first-order valence-corrected chi connectivity index (χ1v) is 11.3. The highest BCUT2D eigenvalue weighted by molar-refractivity contribution is 7.99. The SMILES string of the molecule is O=C(CSc1nnc(-c2ccccc2)n1-c1ccc(Cl)cc1)NN=Cc1ccc([N+](=O)[O-])cc1. The van der Waals surface area contributed by atoms with Crippen molar-refractivity contribution in [2.45, 2.75) is 5.16 Å². The van der Waals surface area contributed by atoms with E-state index in [1.54, 1.807) is 24.3 Å². The van der Waals surface area contributed by atoms with Crippen LogP contribution in [0.25, 0.3) is 17.1 Å². The summed E-state index contributed by atoms with van der Waals surface area (Å²) in [6.45, 7) is 0. The molecule has 4 aromatic rings. The molecule has 0 atom stereocenters. The Bertz CT molecular complexity index is 1330. The maximum absolute atomic E-state index is 12.3. The van der Waals surface area contributed by atoms with Crippen molar-refractivity contribution in [3.8, 4) is 17.1 Å². The molecule has 4 rings (SSSR count). The molecule has 170 valence electrons. The number of benzene rings is 3. The summed E-state index contributed by atoms with van der Waals surface area (Å²) in [5.74, 6) is 0.357. The van der Waals surface area contributed by atoms with Gasteiger partial charge in [0.15, 0.2) is 11.0 Å². The van der Waals surface area contributed by atoms with E-state index in [4.69, 9.17) is 11.6 Å². The first-order chi connectivity index (χ1) is 16.5. The van der Waals surface area contributed by atoms with Gasteiger partial charge >= 0.3 is 0 Å². The fraction of sp³-hybridized carbons (Fsp3) is 0.0435. The Labute approximate surface area is 203 Å². The minimum absolute atomic E-state index is 0.0164. The van der Waals surface area contributed by atoms with Gasteiger partial charge in [-0.2, -0.15) is 5.10 Å². The van der Waals surface area contributed by atoms with Gasteiger partial charge in [-0.15, -0.1) is 10.2 Å². The van der Waals surface area contributed by atoms with Crippen molar-refractivity contribution in [2.24, 2.45) is 5.10 Å². The zero-order valence-electron chi connectivity index (χ0n) is 17.5. The van der Waals surface area contributed by atoms with Gasteiger partial charge in [-0.3, -0.25) is 19.5 Å². The fourth-order valence-electron chi connectivity index (χ4n) is 2.98. The van der Waals surface area contributed by atoms with Gasteiger partial charge in [0, 0.05) is 28.4 Å². The molecule has 1 heterocycles. The van der Waals surface area contributed by atoms with Crippen LogP contribution < -0.4 is 5.43 Å². The first-order valence-electron chi connectivity index (χ1n) is 9.97. The molecule has 11 heteroatoms. The molecular formula is C23H17ClN6O3S. The summed E-state index contributed by atoms with van der Waals surface area (Å²) < 4.78 is 1.86.